The minimum atomic E-state index is -4.46. The van der Waals surface area contributed by atoms with E-state index in [1.807, 2.05) is 4.90 Å². The van der Waals surface area contributed by atoms with Crippen molar-refractivity contribution in [1.82, 2.24) is 24.1 Å². The van der Waals surface area contributed by atoms with Crippen molar-refractivity contribution < 1.29 is 13.2 Å². The first kappa shape index (κ1) is 13.0. The standard InChI is InChI=1S/C11H11F3N6S/c12-11(13,14)9-17-16-7-5-19(3-4-20(7)9)10-15-8(18-21-10)6-1-2-6/h6H,1-5H2. The van der Waals surface area contributed by atoms with Crippen LogP contribution in [0, 0.1) is 0 Å². The molecule has 2 aromatic heterocycles. The molecule has 0 atom stereocenters. The van der Waals surface area contributed by atoms with Crippen LogP contribution in [0.4, 0.5) is 18.3 Å². The fourth-order valence-electron chi connectivity index (χ4n) is 2.39. The van der Waals surface area contributed by atoms with Crippen molar-refractivity contribution in [2.24, 2.45) is 0 Å². The van der Waals surface area contributed by atoms with Crippen molar-refractivity contribution >= 4 is 16.7 Å². The molecule has 2 aliphatic rings. The molecule has 1 aliphatic heterocycles. The zero-order valence-electron chi connectivity index (χ0n) is 10.8. The summed E-state index contributed by atoms with van der Waals surface area (Å²) in [5, 5.41) is 7.68. The summed E-state index contributed by atoms with van der Waals surface area (Å²) in [6.45, 7) is 0.936. The van der Waals surface area contributed by atoms with Crippen molar-refractivity contribution in [2.45, 2.75) is 38.0 Å². The Hall–Kier alpha value is -1.71. The zero-order chi connectivity index (χ0) is 14.6. The van der Waals surface area contributed by atoms with Gasteiger partial charge in [0, 0.05) is 30.5 Å². The van der Waals surface area contributed by atoms with Crippen LogP contribution in [0.15, 0.2) is 0 Å². The van der Waals surface area contributed by atoms with Crippen molar-refractivity contribution in [3.8, 4) is 0 Å². The van der Waals surface area contributed by atoms with Crippen LogP contribution in [-0.2, 0) is 19.3 Å². The molecule has 3 heterocycles. The van der Waals surface area contributed by atoms with Crippen LogP contribution < -0.4 is 4.90 Å². The van der Waals surface area contributed by atoms with Crippen molar-refractivity contribution in [3.05, 3.63) is 17.5 Å². The molecular formula is C11H11F3N6S. The van der Waals surface area contributed by atoms with Crippen LogP contribution in [0.2, 0.25) is 0 Å². The summed E-state index contributed by atoms with van der Waals surface area (Å²) >= 11 is 1.30. The van der Waals surface area contributed by atoms with Gasteiger partial charge in [-0.15, -0.1) is 10.2 Å². The first-order valence-corrected chi connectivity index (χ1v) is 7.37. The number of aromatic nitrogens is 5. The van der Waals surface area contributed by atoms with E-state index in [0.717, 1.165) is 28.4 Å². The highest BCUT2D eigenvalue weighted by atomic mass is 32.1. The maximum atomic E-state index is 12.8. The average Bonchev–Trinajstić information content (AvgIpc) is 3.01. The van der Waals surface area contributed by atoms with Gasteiger partial charge in [-0.3, -0.25) is 0 Å². The second kappa shape index (κ2) is 4.39. The van der Waals surface area contributed by atoms with E-state index in [-0.39, 0.29) is 13.1 Å². The summed E-state index contributed by atoms with van der Waals surface area (Å²) in [5.74, 6) is 0.725. The lowest BCUT2D eigenvalue weighted by molar-refractivity contribution is -0.147. The zero-order valence-corrected chi connectivity index (χ0v) is 11.7. The van der Waals surface area contributed by atoms with Gasteiger partial charge in [-0.25, -0.2) is 4.98 Å². The van der Waals surface area contributed by atoms with Crippen LogP contribution in [0.1, 0.15) is 36.2 Å². The van der Waals surface area contributed by atoms with Gasteiger partial charge in [0.05, 0.1) is 6.54 Å². The van der Waals surface area contributed by atoms with E-state index in [1.165, 1.54) is 11.5 Å². The lowest BCUT2D eigenvalue weighted by atomic mass is 10.3. The molecule has 112 valence electrons. The quantitative estimate of drug-likeness (QED) is 0.848. The molecule has 0 aromatic carbocycles. The molecule has 1 aliphatic carbocycles. The highest BCUT2D eigenvalue weighted by Crippen LogP contribution is 2.40. The summed E-state index contributed by atoms with van der Waals surface area (Å²) in [7, 11) is 0. The fraction of sp³-hybridized carbons (Fsp3) is 0.636. The Morgan fingerprint density at radius 1 is 1.14 bits per heavy atom. The first-order valence-electron chi connectivity index (χ1n) is 6.60. The maximum absolute atomic E-state index is 12.8. The molecular weight excluding hydrogens is 305 g/mol. The summed E-state index contributed by atoms with van der Waals surface area (Å²) in [4.78, 5) is 6.39. The van der Waals surface area contributed by atoms with E-state index in [0.29, 0.717) is 18.3 Å². The van der Waals surface area contributed by atoms with Crippen molar-refractivity contribution in [3.63, 3.8) is 0 Å². The number of anilines is 1. The van der Waals surface area contributed by atoms with Gasteiger partial charge in [-0.2, -0.15) is 17.5 Å². The van der Waals surface area contributed by atoms with Gasteiger partial charge in [0.2, 0.25) is 11.0 Å². The van der Waals surface area contributed by atoms with Gasteiger partial charge in [0.25, 0.3) is 0 Å². The third kappa shape index (κ3) is 2.27. The lowest BCUT2D eigenvalue weighted by Crippen LogP contribution is -2.35. The van der Waals surface area contributed by atoms with E-state index in [4.69, 9.17) is 0 Å². The Kier molecular flexibility index (Phi) is 2.72. The smallest absolute Gasteiger partial charge is 0.338 e. The van der Waals surface area contributed by atoms with Crippen LogP contribution in [0.5, 0.6) is 0 Å². The van der Waals surface area contributed by atoms with E-state index >= 15 is 0 Å². The van der Waals surface area contributed by atoms with Crippen LogP contribution in [0.3, 0.4) is 0 Å². The van der Waals surface area contributed by atoms with Crippen molar-refractivity contribution in [2.75, 3.05) is 11.4 Å². The Morgan fingerprint density at radius 3 is 2.67 bits per heavy atom. The normalized spacial score (nSPS) is 18.9. The molecule has 0 radical (unpaired) electrons. The topological polar surface area (TPSA) is 59.7 Å². The molecule has 1 fully saturated rings. The summed E-state index contributed by atoms with van der Waals surface area (Å²) < 4.78 is 43.8. The Labute approximate surface area is 121 Å². The van der Waals surface area contributed by atoms with Crippen LogP contribution in [-0.4, -0.2) is 30.7 Å². The van der Waals surface area contributed by atoms with Gasteiger partial charge >= 0.3 is 6.18 Å². The molecule has 0 bridgehead atoms. The minimum Gasteiger partial charge on any atom is -0.338 e. The maximum Gasteiger partial charge on any atom is 0.451 e. The first-order chi connectivity index (χ1) is 10.0. The molecule has 0 saturated heterocycles. The number of alkyl halides is 3. The third-order valence-electron chi connectivity index (χ3n) is 3.65. The number of hydrogen-bond donors (Lipinski definition) is 0. The summed E-state index contributed by atoms with van der Waals surface area (Å²) in [6, 6.07) is 0. The average molecular weight is 316 g/mol. The molecule has 6 nitrogen and oxygen atoms in total. The van der Waals surface area contributed by atoms with Crippen molar-refractivity contribution in [1.29, 1.82) is 0 Å². The Morgan fingerprint density at radius 2 is 1.95 bits per heavy atom. The fourth-order valence-corrected chi connectivity index (χ4v) is 3.16. The molecule has 21 heavy (non-hydrogen) atoms. The molecule has 0 N–H and O–H groups in total. The second-order valence-corrected chi connectivity index (χ2v) is 5.95. The van der Waals surface area contributed by atoms with E-state index < -0.39 is 12.0 Å². The van der Waals surface area contributed by atoms with Crippen LogP contribution >= 0.6 is 11.5 Å². The molecule has 4 rings (SSSR count). The summed E-state index contributed by atoms with van der Waals surface area (Å²) in [5.41, 5.74) is 0. The van der Waals surface area contributed by atoms with Gasteiger partial charge in [0.15, 0.2) is 5.82 Å². The Balaban J connectivity index is 1.57. The predicted octanol–water partition coefficient (Wildman–Crippen LogP) is 2.05. The summed E-state index contributed by atoms with van der Waals surface area (Å²) in [6.07, 6.45) is -2.21. The van der Waals surface area contributed by atoms with E-state index in [1.54, 1.807) is 0 Å². The minimum absolute atomic E-state index is 0.204. The molecule has 2 aromatic rings. The van der Waals surface area contributed by atoms with Gasteiger partial charge in [-0.05, 0) is 12.8 Å². The highest BCUT2D eigenvalue weighted by Gasteiger charge is 2.39. The van der Waals surface area contributed by atoms with E-state index in [2.05, 4.69) is 19.6 Å². The van der Waals surface area contributed by atoms with Gasteiger partial charge in [0.1, 0.15) is 5.82 Å². The molecule has 0 unspecified atom stereocenters. The number of rotatable bonds is 2. The predicted molar refractivity (Wildman–Crippen MR) is 68.0 cm³/mol. The number of halogens is 3. The van der Waals surface area contributed by atoms with Crippen LogP contribution in [0.25, 0.3) is 0 Å². The number of nitrogens with zero attached hydrogens (tertiary/aromatic N) is 6. The third-order valence-corrected chi connectivity index (χ3v) is 4.44. The van der Waals surface area contributed by atoms with Gasteiger partial charge < -0.3 is 9.47 Å². The Bertz CT molecular complexity index is 674. The van der Waals surface area contributed by atoms with E-state index in [9.17, 15) is 13.2 Å². The second-order valence-electron chi connectivity index (χ2n) is 5.22. The molecule has 1 saturated carbocycles. The monoisotopic (exact) mass is 316 g/mol. The number of hydrogen-bond acceptors (Lipinski definition) is 6. The molecule has 0 amide bonds. The highest BCUT2D eigenvalue weighted by molar-refractivity contribution is 7.09. The SMILES string of the molecule is FC(F)(F)c1nnc2n1CCN(c1nc(C3CC3)ns1)C2. The largest absolute Gasteiger partial charge is 0.451 e. The molecule has 0 spiro atoms. The van der Waals surface area contributed by atoms with Gasteiger partial charge in [-0.1, -0.05) is 0 Å². The molecule has 10 heteroatoms. The lowest BCUT2D eigenvalue weighted by Gasteiger charge is -2.27. The number of fused-ring (bicyclic) bond motifs is 1.